The summed E-state index contributed by atoms with van der Waals surface area (Å²) >= 11 is 0. The lowest BCUT2D eigenvalue weighted by molar-refractivity contribution is -0.727. The van der Waals surface area contributed by atoms with Crippen molar-refractivity contribution < 1.29 is 14.1 Å². The summed E-state index contributed by atoms with van der Waals surface area (Å²) in [6.07, 6.45) is 2.65. The number of fused-ring (bicyclic) bond motifs is 1. The van der Waals surface area contributed by atoms with Gasteiger partial charge in [0.25, 0.3) is 0 Å². The fourth-order valence-corrected chi connectivity index (χ4v) is 3.68. The molecule has 1 aromatic carbocycles. The zero-order chi connectivity index (χ0) is 12.5. The molecule has 0 fully saturated rings. The Morgan fingerprint density at radius 1 is 1.41 bits per heavy atom. The number of rotatable bonds is 3. The first kappa shape index (κ1) is 12.2. The molecule has 17 heavy (non-hydrogen) atoms. The minimum absolute atomic E-state index is 0.307. The number of aromatic nitrogens is 2. The standard InChI is InChI=1S/C12H15N2O2P/c1-3-8-17(15,16)12-9-14(2)13-11-7-5-4-6-10(11)12/h4-7,9H,3,8H2,1-2H3/p+1. The monoisotopic (exact) mass is 251 g/mol. The Morgan fingerprint density at radius 2 is 2.12 bits per heavy atom. The van der Waals surface area contributed by atoms with Crippen molar-refractivity contribution in [2.24, 2.45) is 7.05 Å². The Kier molecular flexibility index (Phi) is 3.27. The average Bonchev–Trinajstić information content (AvgIpc) is 2.27. The molecule has 0 radical (unpaired) electrons. The van der Waals surface area contributed by atoms with Gasteiger partial charge in [0.2, 0.25) is 13.6 Å². The Labute approximate surface area is 100 Å². The maximum atomic E-state index is 12.3. The second-order valence-corrected chi connectivity index (χ2v) is 6.46. The number of hydrogen-bond acceptors (Lipinski definition) is 2. The molecule has 1 atom stereocenters. The normalized spacial score (nSPS) is 14.8. The van der Waals surface area contributed by atoms with Gasteiger partial charge in [-0.05, 0) is 17.6 Å². The Hall–Kier alpha value is -1.25. The summed E-state index contributed by atoms with van der Waals surface area (Å²) in [7, 11) is -1.51. The van der Waals surface area contributed by atoms with Crippen molar-refractivity contribution in [2.45, 2.75) is 13.3 Å². The van der Waals surface area contributed by atoms with Crippen LogP contribution >= 0.6 is 7.37 Å². The molecular weight excluding hydrogens is 235 g/mol. The van der Waals surface area contributed by atoms with Gasteiger partial charge in [0, 0.05) is 11.5 Å². The summed E-state index contributed by atoms with van der Waals surface area (Å²) < 4.78 is 13.9. The van der Waals surface area contributed by atoms with Crippen LogP contribution in [0.5, 0.6) is 0 Å². The van der Waals surface area contributed by atoms with Gasteiger partial charge in [-0.2, -0.15) is 0 Å². The van der Waals surface area contributed by atoms with Crippen molar-refractivity contribution in [2.75, 3.05) is 6.16 Å². The van der Waals surface area contributed by atoms with E-state index in [0.29, 0.717) is 17.9 Å². The fourth-order valence-electron chi connectivity index (χ4n) is 1.92. The molecule has 0 spiro atoms. The lowest BCUT2D eigenvalue weighted by Crippen LogP contribution is -2.36. The SMILES string of the molecule is CCCP(=O)(O)c1c[n+](C)nc2ccccc12. The predicted molar refractivity (Wildman–Crippen MR) is 67.5 cm³/mol. The highest BCUT2D eigenvalue weighted by molar-refractivity contribution is 7.66. The highest BCUT2D eigenvalue weighted by Crippen LogP contribution is 2.41. The van der Waals surface area contributed by atoms with Gasteiger partial charge in [-0.25, -0.2) is 0 Å². The molecule has 0 aliphatic rings. The van der Waals surface area contributed by atoms with Crippen LogP contribution < -0.4 is 9.99 Å². The zero-order valence-corrected chi connectivity index (χ0v) is 10.9. The van der Waals surface area contributed by atoms with Crippen molar-refractivity contribution in [3.05, 3.63) is 30.5 Å². The molecule has 5 heteroatoms. The molecule has 0 amide bonds. The molecule has 0 saturated heterocycles. The molecule has 90 valence electrons. The van der Waals surface area contributed by atoms with Crippen LogP contribution in [0.3, 0.4) is 0 Å². The van der Waals surface area contributed by atoms with Gasteiger partial charge in [0.15, 0.2) is 7.05 Å². The predicted octanol–water partition coefficient (Wildman–Crippen LogP) is 1.36. The summed E-state index contributed by atoms with van der Waals surface area (Å²) in [6.45, 7) is 1.91. The second-order valence-electron chi connectivity index (χ2n) is 4.13. The lowest BCUT2D eigenvalue weighted by Gasteiger charge is -2.10. The van der Waals surface area contributed by atoms with Gasteiger partial charge in [0.05, 0.1) is 0 Å². The van der Waals surface area contributed by atoms with Crippen LogP contribution in [-0.2, 0) is 11.6 Å². The van der Waals surface area contributed by atoms with Gasteiger partial charge in [-0.1, -0.05) is 29.8 Å². The summed E-state index contributed by atoms with van der Waals surface area (Å²) in [5, 5.41) is 5.57. The van der Waals surface area contributed by atoms with Gasteiger partial charge in [-0.3, -0.25) is 4.57 Å². The molecule has 0 aliphatic heterocycles. The first-order valence-electron chi connectivity index (χ1n) is 5.62. The van der Waals surface area contributed by atoms with Crippen LogP contribution in [-0.4, -0.2) is 16.2 Å². The molecule has 1 heterocycles. The molecule has 0 aliphatic carbocycles. The van der Waals surface area contributed by atoms with E-state index in [1.54, 1.807) is 17.9 Å². The maximum absolute atomic E-state index is 12.3. The topological polar surface area (TPSA) is 54.1 Å². The quantitative estimate of drug-likeness (QED) is 0.662. The fraction of sp³-hybridized carbons (Fsp3) is 0.333. The Morgan fingerprint density at radius 3 is 2.82 bits per heavy atom. The van der Waals surface area contributed by atoms with Crippen molar-refractivity contribution in [3.63, 3.8) is 0 Å². The summed E-state index contributed by atoms with van der Waals surface area (Å²) in [6, 6.07) is 7.43. The zero-order valence-electron chi connectivity index (χ0n) is 10.00. The van der Waals surface area contributed by atoms with Gasteiger partial charge < -0.3 is 4.89 Å². The third-order valence-corrected chi connectivity index (χ3v) is 4.82. The van der Waals surface area contributed by atoms with E-state index in [4.69, 9.17) is 0 Å². The van der Waals surface area contributed by atoms with Gasteiger partial charge >= 0.3 is 0 Å². The summed E-state index contributed by atoms with van der Waals surface area (Å²) in [4.78, 5) is 10.1. The lowest BCUT2D eigenvalue weighted by atomic mass is 10.2. The minimum atomic E-state index is -3.28. The Bertz CT molecular complexity index is 598. The largest absolute Gasteiger partial charge is 0.341 e. The second kappa shape index (κ2) is 4.55. The Balaban J connectivity index is 2.72. The van der Waals surface area contributed by atoms with Crippen LogP contribution in [0.15, 0.2) is 30.5 Å². The van der Waals surface area contributed by atoms with E-state index in [1.807, 2.05) is 31.2 Å². The first-order valence-corrected chi connectivity index (χ1v) is 7.47. The van der Waals surface area contributed by atoms with E-state index in [0.717, 1.165) is 10.9 Å². The van der Waals surface area contributed by atoms with Crippen LogP contribution in [0, 0.1) is 0 Å². The van der Waals surface area contributed by atoms with E-state index in [1.165, 1.54) is 0 Å². The number of benzene rings is 1. The van der Waals surface area contributed by atoms with Gasteiger partial charge in [-0.15, -0.1) is 0 Å². The molecule has 1 N–H and O–H groups in total. The van der Waals surface area contributed by atoms with Crippen LogP contribution in [0.25, 0.3) is 10.9 Å². The number of nitrogens with zero attached hydrogens (tertiary/aromatic N) is 2. The molecule has 4 nitrogen and oxygen atoms in total. The minimum Gasteiger partial charge on any atom is -0.341 e. The van der Waals surface area contributed by atoms with E-state index < -0.39 is 7.37 Å². The van der Waals surface area contributed by atoms with Crippen LogP contribution in [0.1, 0.15) is 13.3 Å². The molecule has 1 unspecified atom stereocenters. The molecule has 2 rings (SSSR count). The summed E-state index contributed by atoms with van der Waals surface area (Å²) in [5.41, 5.74) is 0.748. The molecule has 2 aromatic rings. The van der Waals surface area contributed by atoms with Crippen molar-refractivity contribution in [1.29, 1.82) is 0 Å². The third kappa shape index (κ3) is 2.38. The number of aryl methyl sites for hydroxylation is 1. The van der Waals surface area contributed by atoms with Crippen molar-refractivity contribution in [3.8, 4) is 0 Å². The summed E-state index contributed by atoms with van der Waals surface area (Å²) in [5.74, 6) is 0. The molecule has 0 bridgehead atoms. The van der Waals surface area contributed by atoms with E-state index >= 15 is 0 Å². The first-order chi connectivity index (χ1) is 8.04. The maximum Gasteiger partial charge on any atom is 0.236 e. The molecule has 0 saturated carbocycles. The van der Waals surface area contributed by atoms with E-state index in [-0.39, 0.29) is 0 Å². The van der Waals surface area contributed by atoms with Crippen molar-refractivity contribution >= 4 is 23.6 Å². The van der Waals surface area contributed by atoms with Crippen molar-refractivity contribution in [1.82, 2.24) is 5.10 Å². The van der Waals surface area contributed by atoms with Crippen LogP contribution in [0.2, 0.25) is 0 Å². The smallest absolute Gasteiger partial charge is 0.236 e. The van der Waals surface area contributed by atoms with Gasteiger partial charge in [0.1, 0.15) is 10.8 Å². The average molecular weight is 251 g/mol. The highest BCUT2D eigenvalue weighted by Gasteiger charge is 2.26. The van der Waals surface area contributed by atoms with Crippen LogP contribution in [0.4, 0.5) is 0 Å². The highest BCUT2D eigenvalue weighted by atomic mass is 31.2. The number of hydrogen-bond donors (Lipinski definition) is 1. The third-order valence-electron chi connectivity index (χ3n) is 2.66. The molecular formula is C12H16N2O2P+. The van der Waals surface area contributed by atoms with E-state index in [2.05, 4.69) is 5.10 Å². The van der Waals surface area contributed by atoms with E-state index in [9.17, 15) is 9.46 Å². The molecule has 1 aromatic heterocycles.